The number of aliphatic hydroxyl groups excluding tert-OH is 1. The number of anilines is 1. The molecule has 1 N–H and O–H groups in total. The molecular formula is C12H17F2N3O. The van der Waals surface area contributed by atoms with E-state index < -0.39 is 13.0 Å². The highest BCUT2D eigenvalue weighted by atomic mass is 19.3. The van der Waals surface area contributed by atoms with E-state index in [-0.39, 0.29) is 13.2 Å². The van der Waals surface area contributed by atoms with Gasteiger partial charge in [0.25, 0.3) is 6.43 Å². The van der Waals surface area contributed by atoms with E-state index in [0.29, 0.717) is 5.82 Å². The van der Waals surface area contributed by atoms with Gasteiger partial charge in [0.05, 0.1) is 13.2 Å². The molecule has 1 aliphatic rings. The fraction of sp³-hybridized carbons (Fsp3) is 0.667. The molecule has 0 bridgehead atoms. The Bertz CT molecular complexity index is 401. The van der Waals surface area contributed by atoms with Gasteiger partial charge in [-0.1, -0.05) is 0 Å². The summed E-state index contributed by atoms with van der Waals surface area (Å²) in [5.41, 5.74) is 1.93. The Balaban J connectivity index is 2.28. The highest BCUT2D eigenvalue weighted by Crippen LogP contribution is 2.27. The highest BCUT2D eigenvalue weighted by Gasteiger charge is 2.21. The summed E-state index contributed by atoms with van der Waals surface area (Å²) in [7, 11) is 0. The van der Waals surface area contributed by atoms with E-state index in [2.05, 4.69) is 9.97 Å². The molecule has 0 atom stereocenters. The van der Waals surface area contributed by atoms with Crippen molar-refractivity contribution >= 4 is 5.82 Å². The number of aromatic nitrogens is 2. The fourth-order valence-electron chi connectivity index (χ4n) is 2.35. The van der Waals surface area contributed by atoms with Crippen molar-refractivity contribution < 1.29 is 13.9 Å². The van der Waals surface area contributed by atoms with E-state index in [4.69, 9.17) is 5.11 Å². The molecule has 1 aromatic rings. The van der Waals surface area contributed by atoms with Gasteiger partial charge in [0.15, 0.2) is 0 Å². The second-order valence-corrected chi connectivity index (χ2v) is 4.39. The van der Waals surface area contributed by atoms with Crippen LogP contribution in [0.3, 0.4) is 0 Å². The lowest BCUT2D eigenvalue weighted by molar-refractivity contribution is 0.152. The zero-order valence-corrected chi connectivity index (χ0v) is 10.1. The van der Waals surface area contributed by atoms with E-state index in [9.17, 15) is 8.78 Å². The molecule has 0 amide bonds. The Morgan fingerprint density at radius 1 is 1.28 bits per heavy atom. The third-order valence-electron chi connectivity index (χ3n) is 3.13. The summed E-state index contributed by atoms with van der Waals surface area (Å²) in [5, 5.41) is 8.98. The van der Waals surface area contributed by atoms with Gasteiger partial charge in [0.2, 0.25) is 0 Å². The first-order valence-corrected chi connectivity index (χ1v) is 6.19. The first-order chi connectivity index (χ1) is 8.72. The summed E-state index contributed by atoms with van der Waals surface area (Å²) < 4.78 is 25.1. The second kappa shape index (κ2) is 6.04. The van der Waals surface area contributed by atoms with Crippen LogP contribution in [0.2, 0.25) is 0 Å². The Kier molecular flexibility index (Phi) is 4.41. The molecule has 1 aliphatic carbocycles. The first-order valence-electron chi connectivity index (χ1n) is 6.19. The van der Waals surface area contributed by atoms with Gasteiger partial charge in [-0.3, -0.25) is 0 Å². The molecule has 100 valence electrons. The summed E-state index contributed by atoms with van der Waals surface area (Å²) >= 11 is 0. The molecule has 6 heteroatoms. The lowest BCUT2D eigenvalue weighted by Crippen LogP contribution is -2.33. The van der Waals surface area contributed by atoms with Crippen molar-refractivity contribution in [1.29, 1.82) is 0 Å². The van der Waals surface area contributed by atoms with E-state index in [0.717, 1.165) is 36.9 Å². The highest BCUT2D eigenvalue weighted by molar-refractivity contribution is 5.49. The Labute approximate surface area is 105 Å². The number of rotatable bonds is 5. The van der Waals surface area contributed by atoms with Gasteiger partial charge in [-0.15, -0.1) is 0 Å². The molecule has 2 rings (SSSR count). The van der Waals surface area contributed by atoms with Crippen LogP contribution in [0, 0.1) is 0 Å². The number of alkyl halides is 2. The molecule has 0 aromatic carbocycles. The topological polar surface area (TPSA) is 49.2 Å². The summed E-state index contributed by atoms with van der Waals surface area (Å²) in [6.07, 6.45) is 2.82. The number of fused-ring (bicyclic) bond motifs is 1. The van der Waals surface area contributed by atoms with Crippen molar-refractivity contribution in [3.63, 3.8) is 0 Å². The lowest BCUT2D eigenvalue weighted by Gasteiger charge is -2.27. The minimum atomic E-state index is -2.44. The molecule has 4 nitrogen and oxygen atoms in total. The quantitative estimate of drug-likeness (QED) is 0.866. The van der Waals surface area contributed by atoms with Crippen LogP contribution in [-0.4, -0.2) is 41.2 Å². The predicted octanol–water partition coefficient (Wildman–Crippen LogP) is 1.42. The molecule has 18 heavy (non-hydrogen) atoms. The number of nitrogens with zero attached hydrogens (tertiary/aromatic N) is 3. The average molecular weight is 257 g/mol. The van der Waals surface area contributed by atoms with Crippen LogP contribution in [0.4, 0.5) is 14.6 Å². The molecule has 0 fully saturated rings. The maximum absolute atomic E-state index is 12.6. The minimum absolute atomic E-state index is 0.161. The second-order valence-electron chi connectivity index (χ2n) is 4.39. The molecule has 0 aliphatic heterocycles. The predicted molar refractivity (Wildman–Crippen MR) is 64.0 cm³/mol. The summed E-state index contributed by atoms with van der Waals surface area (Å²) in [4.78, 5) is 9.80. The normalized spacial score (nSPS) is 14.7. The summed E-state index contributed by atoms with van der Waals surface area (Å²) in [5.74, 6) is 0.564. The molecular weight excluding hydrogens is 240 g/mol. The smallest absolute Gasteiger partial charge is 0.255 e. The number of aryl methyl sites for hydroxylation is 1. The first kappa shape index (κ1) is 13.1. The van der Waals surface area contributed by atoms with E-state index in [1.165, 1.54) is 11.2 Å². The molecule has 0 unspecified atom stereocenters. The molecule has 1 aromatic heterocycles. The standard InChI is InChI=1S/C12H17F2N3O/c13-11(14)7-17(5-6-18)12-9-3-1-2-4-10(9)15-8-16-12/h8,11,18H,1-7H2. The van der Waals surface area contributed by atoms with Crippen LogP contribution in [0.5, 0.6) is 0 Å². The SMILES string of the molecule is OCCN(CC(F)F)c1ncnc2c1CCCC2. The number of hydrogen-bond donors (Lipinski definition) is 1. The maximum Gasteiger partial charge on any atom is 0.255 e. The maximum atomic E-state index is 12.6. The van der Waals surface area contributed by atoms with Crippen LogP contribution < -0.4 is 4.90 Å². The Morgan fingerprint density at radius 2 is 2.06 bits per heavy atom. The van der Waals surface area contributed by atoms with Crippen molar-refractivity contribution in [2.45, 2.75) is 32.1 Å². The van der Waals surface area contributed by atoms with Crippen molar-refractivity contribution in [2.75, 3.05) is 24.6 Å². The molecule has 0 saturated heterocycles. The van der Waals surface area contributed by atoms with Crippen LogP contribution in [-0.2, 0) is 12.8 Å². The molecule has 0 saturated carbocycles. The van der Waals surface area contributed by atoms with Crippen molar-refractivity contribution in [3.05, 3.63) is 17.6 Å². The number of aliphatic hydroxyl groups is 1. The van der Waals surface area contributed by atoms with E-state index in [1.54, 1.807) is 0 Å². The van der Waals surface area contributed by atoms with Gasteiger partial charge in [-0.2, -0.15) is 0 Å². The third-order valence-corrected chi connectivity index (χ3v) is 3.13. The van der Waals surface area contributed by atoms with Crippen LogP contribution >= 0.6 is 0 Å². The molecule has 1 heterocycles. The van der Waals surface area contributed by atoms with Gasteiger partial charge in [0.1, 0.15) is 12.1 Å². The molecule has 0 radical (unpaired) electrons. The van der Waals surface area contributed by atoms with Crippen molar-refractivity contribution in [3.8, 4) is 0 Å². The van der Waals surface area contributed by atoms with Crippen molar-refractivity contribution in [2.24, 2.45) is 0 Å². The monoisotopic (exact) mass is 257 g/mol. The van der Waals surface area contributed by atoms with Crippen LogP contribution in [0.1, 0.15) is 24.1 Å². The molecule has 0 spiro atoms. The van der Waals surface area contributed by atoms with E-state index >= 15 is 0 Å². The largest absolute Gasteiger partial charge is 0.395 e. The summed E-state index contributed by atoms with van der Waals surface area (Å²) in [6.45, 7) is -0.386. The van der Waals surface area contributed by atoms with Crippen LogP contribution in [0.15, 0.2) is 6.33 Å². The number of halogens is 2. The zero-order valence-electron chi connectivity index (χ0n) is 10.1. The van der Waals surface area contributed by atoms with Crippen LogP contribution in [0.25, 0.3) is 0 Å². The fourth-order valence-corrected chi connectivity index (χ4v) is 2.35. The lowest BCUT2D eigenvalue weighted by atomic mass is 9.96. The number of hydrogen-bond acceptors (Lipinski definition) is 4. The third kappa shape index (κ3) is 2.93. The van der Waals surface area contributed by atoms with Gasteiger partial charge < -0.3 is 10.0 Å². The van der Waals surface area contributed by atoms with Gasteiger partial charge in [0, 0.05) is 17.8 Å². The van der Waals surface area contributed by atoms with Crippen molar-refractivity contribution in [1.82, 2.24) is 9.97 Å². The average Bonchev–Trinajstić information content (AvgIpc) is 2.37. The van der Waals surface area contributed by atoms with Gasteiger partial charge in [-0.05, 0) is 25.7 Å². The summed E-state index contributed by atoms with van der Waals surface area (Å²) in [6, 6.07) is 0. The zero-order chi connectivity index (χ0) is 13.0. The van der Waals surface area contributed by atoms with Gasteiger partial charge in [-0.25, -0.2) is 18.7 Å². The minimum Gasteiger partial charge on any atom is -0.395 e. The Hall–Kier alpha value is -1.30. The van der Waals surface area contributed by atoms with Gasteiger partial charge >= 0.3 is 0 Å². The van der Waals surface area contributed by atoms with E-state index in [1.807, 2.05) is 0 Å². The Morgan fingerprint density at radius 3 is 2.78 bits per heavy atom.